The molecule has 0 radical (unpaired) electrons. The van der Waals surface area contributed by atoms with E-state index < -0.39 is 0 Å². The predicted molar refractivity (Wildman–Crippen MR) is 182 cm³/mol. The molecule has 2 fully saturated rings. The van der Waals surface area contributed by atoms with Crippen LogP contribution in [0, 0.1) is 33.6 Å². The van der Waals surface area contributed by atoms with Gasteiger partial charge in [-0.25, -0.2) is 0 Å². The maximum Gasteiger partial charge on any atom is 2.00 e. The van der Waals surface area contributed by atoms with Gasteiger partial charge in [0.1, 0.15) is 0 Å². The van der Waals surface area contributed by atoms with Crippen LogP contribution in [0.3, 0.4) is 0 Å². The summed E-state index contributed by atoms with van der Waals surface area (Å²) in [5, 5.41) is 0. The van der Waals surface area contributed by atoms with Crippen LogP contribution >= 0.6 is 0 Å². The number of hydrogen-bond acceptors (Lipinski definition) is 3. The second-order valence-corrected chi connectivity index (χ2v) is 11.6. The molecule has 0 atom stereocenters. The van der Waals surface area contributed by atoms with Gasteiger partial charge in [-0.15, -0.1) is 0 Å². The molecule has 0 spiro atoms. The Kier molecular flexibility index (Phi) is 16.8. The molecule has 3 aromatic rings. The Morgan fingerprint density at radius 3 is 1.32 bits per heavy atom. The Labute approximate surface area is 276 Å². The van der Waals surface area contributed by atoms with Gasteiger partial charge >= 0.3 is 17.1 Å². The number of rotatable bonds is 8. The van der Waals surface area contributed by atoms with Crippen LogP contribution in [0.5, 0.6) is 0 Å². The summed E-state index contributed by atoms with van der Waals surface area (Å²) in [5.74, 6) is 0.993. The molecular formula is C40H48FeO3. The van der Waals surface area contributed by atoms with E-state index in [2.05, 4.69) is 55.5 Å². The van der Waals surface area contributed by atoms with E-state index in [0.29, 0.717) is 28.2 Å². The molecule has 4 heteroatoms. The van der Waals surface area contributed by atoms with Crippen LogP contribution < -0.4 is 0 Å². The topological polar surface area (TPSA) is 51.2 Å². The Bertz CT molecular complexity index is 1370. The third-order valence-corrected chi connectivity index (χ3v) is 8.18. The third kappa shape index (κ3) is 11.6. The van der Waals surface area contributed by atoms with E-state index in [1.807, 2.05) is 12.1 Å². The Morgan fingerprint density at radius 2 is 0.932 bits per heavy atom. The van der Waals surface area contributed by atoms with E-state index in [0.717, 1.165) is 11.5 Å². The van der Waals surface area contributed by atoms with E-state index in [9.17, 15) is 14.4 Å². The van der Waals surface area contributed by atoms with E-state index >= 15 is 0 Å². The molecule has 2 aliphatic rings. The number of hydrogen-bond donors (Lipinski definition) is 0. The molecule has 3 aromatic carbocycles. The van der Waals surface area contributed by atoms with Crippen LogP contribution in [0.2, 0.25) is 0 Å². The van der Waals surface area contributed by atoms with Crippen molar-refractivity contribution < 1.29 is 31.5 Å². The fourth-order valence-corrected chi connectivity index (χ4v) is 5.55. The Hall–Kier alpha value is -3.33. The van der Waals surface area contributed by atoms with Crippen LogP contribution in [-0.2, 0) is 17.1 Å². The fourth-order valence-electron chi connectivity index (χ4n) is 5.55. The minimum Gasteiger partial charge on any atom is -0.358 e. The van der Waals surface area contributed by atoms with Crippen LogP contribution in [0.25, 0.3) is 12.2 Å². The number of ketones is 3. The summed E-state index contributed by atoms with van der Waals surface area (Å²) in [6, 6.07) is 20.9. The quantitative estimate of drug-likeness (QED) is 0.141. The van der Waals surface area contributed by atoms with E-state index in [4.69, 9.17) is 0 Å². The normalized spacial score (nSPS) is 14.7. The van der Waals surface area contributed by atoms with Gasteiger partial charge in [0.05, 0.1) is 0 Å². The summed E-state index contributed by atoms with van der Waals surface area (Å²) < 4.78 is 0. The minimum atomic E-state index is -0.188. The van der Waals surface area contributed by atoms with Gasteiger partial charge in [0.15, 0.2) is 17.3 Å². The number of aryl methyl sites for hydroxylation is 1. The molecular weight excluding hydrogens is 584 g/mol. The third-order valence-electron chi connectivity index (χ3n) is 8.18. The second kappa shape index (κ2) is 19.1. The SMILES string of the molecule is CC(=O)c1cc(C(C)=O)cc(C(=O)c2ccc(/C=C/C3CCCC3)cc2)c1.Cc1ccc(/C=C/C2CCCC2)cc1.[CH3-].[CH3-].[Fe+2]. The van der Waals surface area contributed by atoms with Crippen LogP contribution in [0.4, 0.5) is 0 Å². The van der Waals surface area contributed by atoms with Crippen molar-refractivity contribution in [1.82, 2.24) is 0 Å². The second-order valence-electron chi connectivity index (χ2n) is 11.6. The summed E-state index contributed by atoms with van der Waals surface area (Å²) in [7, 11) is 0. The molecule has 234 valence electrons. The maximum absolute atomic E-state index is 12.8. The number of carbonyl (C=O) groups is 3. The number of allylic oxidation sites excluding steroid dienone is 2. The van der Waals surface area contributed by atoms with Crippen molar-refractivity contribution in [2.24, 2.45) is 11.8 Å². The van der Waals surface area contributed by atoms with Crippen molar-refractivity contribution >= 4 is 29.5 Å². The number of Topliss-reactive ketones (excluding diaryl/α,β-unsaturated/α-hetero) is 2. The molecule has 0 aromatic heterocycles. The molecule has 0 unspecified atom stereocenters. The maximum atomic E-state index is 12.8. The minimum absolute atomic E-state index is 0. The molecule has 0 saturated heterocycles. The standard InChI is InChI=1S/C24H24O3.C14H18.2CH3.Fe/c1-16(25)21-13-22(17(2)26)15-23(14-21)24(27)20-11-9-19(10-12-20)8-7-18-5-3-4-6-18;1-12-6-8-14(9-7-12)11-10-13-4-2-3-5-13;;;/h7-15,18H,3-6H2,1-2H3;6-11,13H,2-5H2,1H3;2*1H3;/q;;2*-1;+2/b8-7+;11-10+;;;. The summed E-state index contributed by atoms with van der Waals surface area (Å²) in [4.78, 5) is 36.3. The van der Waals surface area contributed by atoms with Gasteiger partial charge in [0, 0.05) is 22.3 Å². The van der Waals surface area contributed by atoms with Crippen molar-refractivity contribution in [1.29, 1.82) is 0 Å². The van der Waals surface area contributed by atoms with Crippen molar-refractivity contribution in [3.05, 3.63) is 133 Å². The molecule has 5 rings (SSSR count). The summed E-state index contributed by atoms with van der Waals surface area (Å²) in [6.07, 6.45) is 19.8. The molecule has 2 aliphatic carbocycles. The van der Waals surface area contributed by atoms with Gasteiger partial charge in [-0.1, -0.05) is 104 Å². The first-order chi connectivity index (χ1) is 19.8. The summed E-state index contributed by atoms with van der Waals surface area (Å²) in [6.45, 7) is 4.99. The van der Waals surface area contributed by atoms with Gasteiger partial charge in [-0.2, -0.15) is 0 Å². The molecule has 44 heavy (non-hydrogen) atoms. The first-order valence-electron chi connectivity index (χ1n) is 15.0. The van der Waals surface area contributed by atoms with E-state index in [1.165, 1.54) is 76.3 Å². The van der Waals surface area contributed by atoms with Crippen molar-refractivity contribution in [2.45, 2.75) is 72.1 Å². The summed E-state index contributed by atoms with van der Waals surface area (Å²) in [5.41, 5.74) is 5.40. The van der Waals surface area contributed by atoms with Gasteiger partial charge in [0.2, 0.25) is 0 Å². The largest absolute Gasteiger partial charge is 2.00 e. The molecule has 0 amide bonds. The monoisotopic (exact) mass is 632 g/mol. The fraction of sp³-hybridized carbons (Fsp3) is 0.325. The number of carbonyl (C=O) groups excluding carboxylic acids is 3. The van der Waals surface area contributed by atoms with Crippen molar-refractivity contribution in [3.63, 3.8) is 0 Å². The van der Waals surface area contributed by atoms with Crippen LogP contribution in [-0.4, -0.2) is 17.3 Å². The Balaban J connectivity index is 0.000000485. The van der Waals surface area contributed by atoms with E-state index in [1.54, 1.807) is 30.3 Å². The van der Waals surface area contributed by atoms with Gasteiger partial charge in [0.25, 0.3) is 0 Å². The predicted octanol–water partition coefficient (Wildman–Crippen LogP) is 10.6. The molecule has 0 bridgehead atoms. The first kappa shape index (κ1) is 38.7. The molecule has 2 saturated carbocycles. The molecule has 0 heterocycles. The smallest absolute Gasteiger partial charge is 0.358 e. The Morgan fingerprint density at radius 1 is 0.568 bits per heavy atom. The molecule has 0 N–H and O–H groups in total. The summed E-state index contributed by atoms with van der Waals surface area (Å²) >= 11 is 0. The van der Waals surface area contributed by atoms with E-state index in [-0.39, 0.29) is 49.3 Å². The van der Waals surface area contributed by atoms with Gasteiger partial charge in [-0.3, -0.25) is 14.4 Å². The zero-order valence-electron chi connectivity index (χ0n) is 27.1. The van der Waals surface area contributed by atoms with Gasteiger partial charge < -0.3 is 14.9 Å². The molecule has 0 aliphatic heterocycles. The number of benzene rings is 3. The van der Waals surface area contributed by atoms with Crippen molar-refractivity contribution in [3.8, 4) is 0 Å². The molecule has 3 nitrogen and oxygen atoms in total. The average Bonchev–Trinajstić information content (AvgIpc) is 3.71. The average molecular weight is 633 g/mol. The van der Waals surface area contributed by atoms with Crippen LogP contribution in [0.15, 0.2) is 78.9 Å². The zero-order chi connectivity index (χ0) is 29.2. The zero-order valence-corrected chi connectivity index (χ0v) is 28.2. The first-order valence-corrected chi connectivity index (χ1v) is 15.0. The van der Waals surface area contributed by atoms with Gasteiger partial charge in [-0.05, 0) is 87.6 Å². The van der Waals surface area contributed by atoms with Crippen LogP contribution in [0.1, 0.15) is 119 Å². The van der Waals surface area contributed by atoms with Crippen molar-refractivity contribution in [2.75, 3.05) is 0 Å².